The maximum absolute atomic E-state index is 13.6. The molecule has 25 heavy (non-hydrogen) atoms. The van der Waals surface area contributed by atoms with Crippen LogP contribution in [0, 0.1) is 15.9 Å². The zero-order valence-electron chi connectivity index (χ0n) is 13.2. The van der Waals surface area contributed by atoms with Crippen LogP contribution in [0.5, 0.6) is 0 Å². The van der Waals surface area contributed by atoms with Crippen molar-refractivity contribution in [3.05, 3.63) is 52.1 Å². The number of nitrogens with zero attached hydrogens (tertiary/aromatic N) is 3. The molecule has 2 aromatic rings. The van der Waals surface area contributed by atoms with Gasteiger partial charge in [-0.1, -0.05) is 12.1 Å². The number of hydrogen-bond donors (Lipinski definition) is 3. The smallest absolute Gasteiger partial charge is 0.354 e. The summed E-state index contributed by atoms with van der Waals surface area (Å²) in [5.74, 6) is -1.81. The molecule has 132 valence electrons. The molecule has 0 radical (unpaired) electrons. The van der Waals surface area contributed by atoms with E-state index < -0.39 is 22.3 Å². The summed E-state index contributed by atoms with van der Waals surface area (Å²) in [6, 6.07) is 5.33. The first-order valence-corrected chi connectivity index (χ1v) is 7.07. The number of carbonyl (C=O) groups excluding carboxylic acids is 1. The number of methoxy groups -OCH3 is 1. The first-order valence-electron chi connectivity index (χ1n) is 7.07. The van der Waals surface area contributed by atoms with Crippen LogP contribution in [-0.2, 0) is 4.74 Å². The average molecular weight is 350 g/mol. The molecule has 0 aliphatic heterocycles. The van der Waals surface area contributed by atoms with Gasteiger partial charge < -0.3 is 10.1 Å². The molecule has 1 heterocycles. The zero-order valence-corrected chi connectivity index (χ0v) is 13.2. The number of benzene rings is 1. The zero-order chi connectivity index (χ0) is 18.2. The van der Waals surface area contributed by atoms with Crippen LogP contribution in [-0.4, -0.2) is 41.1 Å². The van der Waals surface area contributed by atoms with Crippen LogP contribution in [0.3, 0.4) is 0 Å². The highest BCUT2D eigenvalue weighted by Crippen LogP contribution is 2.28. The topological polar surface area (TPSA) is 131 Å². The van der Waals surface area contributed by atoms with Gasteiger partial charge in [-0.05, 0) is 12.1 Å². The van der Waals surface area contributed by atoms with Gasteiger partial charge >= 0.3 is 5.69 Å². The number of carbonyl (C=O) groups is 1. The predicted molar refractivity (Wildman–Crippen MR) is 86.5 cm³/mol. The number of aromatic nitrogens is 2. The van der Waals surface area contributed by atoms with Crippen molar-refractivity contribution in [1.82, 2.24) is 15.4 Å². The highest BCUT2D eigenvalue weighted by Gasteiger charge is 2.23. The van der Waals surface area contributed by atoms with Gasteiger partial charge in [0.2, 0.25) is 11.6 Å². The number of rotatable bonds is 8. The van der Waals surface area contributed by atoms with E-state index in [4.69, 9.17) is 4.74 Å². The van der Waals surface area contributed by atoms with E-state index in [9.17, 15) is 19.3 Å². The number of ether oxygens (including phenoxy) is 1. The monoisotopic (exact) mass is 350 g/mol. The van der Waals surface area contributed by atoms with E-state index in [0.29, 0.717) is 6.61 Å². The molecule has 1 aromatic carbocycles. The first-order chi connectivity index (χ1) is 12.0. The van der Waals surface area contributed by atoms with Gasteiger partial charge in [0.1, 0.15) is 12.1 Å². The van der Waals surface area contributed by atoms with Gasteiger partial charge in [0.05, 0.1) is 17.1 Å². The van der Waals surface area contributed by atoms with Crippen LogP contribution in [0.15, 0.2) is 30.6 Å². The van der Waals surface area contributed by atoms with Crippen LogP contribution in [0.1, 0.15) is 10.4 Å². The standard InChI is InChI=1S/C14H15FN6O4/c1-25-7-6-16-12-11(21(23)24)13(18-8-17-12)19-20-14(22)9-4-2-3-5-10(9)15/h2-5,8H,6-7H2,1H3,(H,20,22)(H2,16,17,18,19). The van der Waals surface area contributed by atoms with Crippen LogP contribution >= 0.6 is 0 Å². The van der Waals surface area contributed by atoms with Crippen LogP contribution in [0.2, 0.25) is 0 Å². The van der Waals surface area contributed by atoms with Crippen molar-refractivity contribution in [3.63, 3.8) is 0 Å². The lowest BCUT2D eigenvalue weighted by Crippen LogP contribution is -2.31. The molecule has 0 saturated carbocycles. The normalized spacial score (nSPS) is 10.2. The van der Waals surface area contributed by atoms with Crippen molar-refractivity contribution in [2.45, 2.75) is 0 Å². The van der Waals surface area contributed by atoms with E-state index in [1.54, 1.807) is 0 Å². The van der Waals surface area contributed by atoms with E-state index >= 15 is 0 Å². The Morgan fingerprint density at radius 2 is 2.04 bits per heavy atom. The lowest BCUT2D eigenvalue weighted by atomic mass is 10.2. The van der Waals surface area contributed by atoms with E-state index in [2.05, 4.69) is 26.1 Å². The van der Waals surface area contributed by atoms with Gasteiger partial charge in [0.25, 0.3) is 5.91 Å². The quantitative estimate of drug-likeness (QED) is 0.369. The second kappa shape index (κ2) is 8.49. The van der Waals surface area contributed by atoms with Crippen LogP contribution < -0.4 is 16.2 Å². The summed E-state index contributed by atoms with van der Waals surface area (Å²) < 4.78 is 18.4. The van der Waals surface area contributed by atoms with E-state index in [-0.39, 0.29) is 23.7 Å². The summed E-state index contributed by atoms with van der Waals surface area (Å²) in [4.78, 5) is 30.1. The molecule has 0 unspecified atom stereocenters. The molecular formula is C14H15FN6O4. The Morgan fingerprint density at radius 3 is 2.72 bits per heavy atom. The predicted octanol–water partition coefficient (Wildman–Crippen LogP) is 1.34. The third-order valence-electron chi connectivity index (χ3n) is 3.02. The Balaban J connectivity index is 2.16. The van der Waals surface area contributed by atoms with Crippen LogP contribution in [0.4, 0.5) is 21.7 Å². The molecule has 0 saturated heterocycles. The number of anilines is 2. The minimum absolute atomic E-state index is 0.0420. The molecule has 0 aliphatic carbocycles. The van der Waals surface area contributed by atoms with Crippen molar-refractivity contribution in [3.8, 4) is 0 Å². The van der Waals surface area contributed by atoms with Crippen molar-refractivity contribution in [1.29, 1.82) is 0 Å². The Kier molecular flexibility index (Phi) is 6.12. The van der Waals surface area contributed by atoms with E-state index in [1.165, 1.54) is 25.3 Å². The van der Waals surface area contributed by atoms with Gasteiger partial charge in [-0.25, -0.2) is 14.4 Å². The highest BCUT2D eigenvalue weighted by molar-refractivity contribution is 5.95. The Hall–Kier alpha value is -3.34. The van der Waals surface area contributed by atoms with Gasteiger partial charge in [0, 0.05) is 13.7 Å². The molecule has 11 heteroatoms. The number of hydrazine groups is 1. The third kappa shape index (κ3) is 4.57. The fraction of sp³-hybridized carbons (Fsp3) is 0.214. The summed E-state index contributed by atoms with van der Waals surface area (Å²) in [6.07, 6.45) is 1.08. The second-order valence-electron chi connectivity index (χ2n) is 4.66. The van der Waals surface area contributed by atoms with Crippen molar-refractivity contribution >= 4 is 23.2 Å². The highest BCUT2D eigenvalue weighted by atomic mass is 19.1. The minimum atomic E-state index is -0.806. The van der Waals surface area contributed by atoms with Crippen molar-refractivity contribution in [2.75, 3.05) is 31.0 Å². The maximum Gasteiger partial charge on any atom is 0.354 e. The first kappa shape index (κ1) is 18.0. The Bertz CT molecular complexity index is 773. The van der Waals surface area contributed by atoms with E-state index in [1.807, 2.05) is 0 Å². The van der Waals surface area contributed by atoms with Gasteiger partial charge in [0.15, 0.2) is 0 Å². The number of nitro groups is 1. The number of hydrogen-bond acceptors (Lipinski definition) is 8. The summed E-state index contributed by atoms with van der Waals surface area (Å²) >= 11 is 0. The maximum atomic E-state index is 13.6. The van der Waals surface area contributed by atoms with Crippen molar-refractivity contribution < 1.29 is 18.8 Å². The number of halogens is 1. The molecule has 0 fully saturated rings. The molecule has 3 N–H and O–H groups in total. The number of amides is 1. The van der Waals surface area contributed by atoms with Gasteiger partial charge in [-0.15, -0.1) is 0 Å². The summed E-state index contributed by atoms with van der Waals surface area (Å²) in [7, 11) is 1.49. The largest absolute Gasteiger partial charge is 0.383 e. The van der Waals surface area contributed by atoms with Crippen molar-refractivity contribution in [2.24, 2.45) is 0 Å². The SMILES string of the molecule is COCCNc1ncnc(NNC(=O)c2ccccc2F)c1[N+](=O)[O-]. The molecule has 10 nitrogen and oxygen atoms in total. The van der Waals surface area contributed by atoms with Crippen LogP contribution in [0.25, 0.3) is 0 Å². The van der Waals surface area contributed by atoms with E-state index in [0.717, 1.165) is 12.4 Å². The minimum Gasteiger partial charge on any atom is -0.383 e. The molecular weight excluding hydrogens is 335 g/mol. The third-order valence-corrected chi connectivity index (χ3v) is 3.02. The summed E-state index contributed by atoms with van der Waals surface area (Å²) in [5, 5.41) is 14.0. The summed E-state index contributed by atoms with van der Waals surface area (Å²) in [6.45, 7) is 0.601. The fourth-order valence-corrected chi connectivity index (χ4v) is 1.87. The average Bonchev–Trinajstić information content (AvgIpc) is 2.60. The molecule has 0 spiro atoms. The molecule has 1 aromatic heterocycles. The number of nitrogens with one attached hydrogen (secondary N) is 3. The molecule has 0 bridgehead atoms. The molecule has 0 atom stereocenters. The molecule has 1 amide bonds. The molecule has 2 rings (SSSR count). The van der Waals surface area contributed by atoms with Gasteiger partial charge in [-0.2, -0.15) is 0 Å². The second-order valence-corrected chi connectivity index (χ2v) is 4.66. The summed E-state index contributed by atoms with van der Waals surface area (Å²) in [5.41, 5.74) is 3.81. The lowest BCUT2D eigenvalue weighted by Gasteiger charge is -2.11. The molecule has 0 aliphatic rings. The fourth-order valence-electron chi connectivity index (χ4n) is 1.87. The van der Waals surface area contributed by atoms with Gasteiger partial charge in [-0.3, -0.25) is 25.8 Å². The Labute approximate surface area is 141 Å². The Morgan fingerprint density at radius 1 is 1.32 bits per heavy atom. The lowest BCUT2D eigenvalue weighted by molar-refractivity contribution is -0.383.